The van der Waals surface area contributed by atoms with Crippen molar-refractivity contribution in [1.82, 2.24) is 4.90 Å². The van der Waals surface area contributed by atoms with Crippen LogP contribution in [0.15, 0.2) is 72.8 Å². The molecular formula is C22H18Cl2N2O2S. The van der Waals surface area contributed by atoms with Crippen molar-refractivity contribution >= 4 is 52.2 Å². The van der Waals surface area contributed by atoms with Gasteiger partial charge in [-0.25, -0.2) is 4.79 Å². The Balaban J connectivity index is 1.82. The van der Waals surface area contributed by atoms with Crippen molar-refractivity contribution < 1.29 is 9.90 Å². The number of nitrogens with zero attached hydrogens (tertiary/aromatic N) is 1. The van der Waals surface area contributed by atoms with Gasteiger partial charge in [-0.05, 0) is 59.7 Å². The third-order valence-electron chi connectivity index (χ3n) is 4.26. The van der Waals surface area contributed by atoms with Crippen molar-refractivity contribution in [2.24, 2.45) is 0 Å². The van der Waals surface area contributed by atoms with Crippen LogP contribution in [0.4, 0.5) is 5.69 Å². The van der Waals surface area contributed by atoms with Crippen molar-refractivity contribution in [1.29, 1.82) is 0 Å². The lowest BCUT2D eigenvalue weighted by Crippen LogP contribution is -2.34. The van der Waals surface area contributed by atoms with Gasteiger partial charge in [-0.1, -0.05) is 59.6 Å². The number of carboxylic acid groups (broad SMARTS) is 1. The molecule has 7 heteroatoms. The number of halogens is 2. The van der Waals surface area contributed by atoms with Crippen molar-refractivity contribution in [2.75, 3.05) is 5.32 Å². The summed E-state index contributed by atoms with van der Waals surface area (Å²) in [7, 11) is 0. The van der Waals surface area contributed by atoms with Crippen LogP contribution in [0.3, 0.4) is 0 Å². The molecule has 0 heterocycles. The molecule has 4 nitrogen and oxygen atoms in total. The van der Waals surface area contributed by atoms with Crippen molar-refractivity contribution in [3.8, 4) is 0 Å². The zero-order valence-corrected chi connectivity index (χ0v) is 17.6. The number of nitrogens with one attached hydrogen (secondary N) is 1. The van der Waals surface area contributed by atoms with Gasteiger partial charge in [0.25, 0.3) is 0 Å². The number of carboxylic acids is 1. The van der Waals surface area contributed by atoms with Gasteiger partial charge in [0.1, 0.15) is 0 Å². The predicted molar refractivity (Wildman–Crippen MR) is 122 cm³/mol. The van der Waals surface area contributed by atoms with Crippen molar-refractivity contribution in [3.05, 3.63) is 99.5 Å². The molecule has 3 aromatic carbocycles. The molecule has 3 aromatic rings. The molecular weight excluding hydrogens is 427 g/mol. The molecule has 0 fully saturated rings. The van der Waals surface area contributed by atoms with E-state index in [9.17, 15) is 4.79 Å². The molecule has 0 aliphatic rings. The Hall–Kier alpha value is -2.60. The van der Waals surface area contributed by atoms with Gasteiger partial charge < -0.3 is 15.3 Å². The van der Waals surface area contributed by atoms with Crippen LogP contribution in [-0.4, -0.2) is 21.1 Å². The Bertz CT molecular complexity index is 1010. The van der Waals surface area contributed by atoms with Crippen molar-refractivity contribution in [2.45, 2.75) is 13.1 Å². The topological polar surface area (TPSA) is 52.6 Å². The summed E-state index contributed by atoms with van der Waals surface area (Å²) in [5, 5.41) is 14.0. The Morgan fingerprint density at radius 2 is 1.45 bits per heavy atom. The van der Waals surface area contributed by atoms with Crippen LogP contribution in [0, 0.1) is 0 Å². The second kappa shape index (κ2) is 9.74. The number of carbonyl (C=O) groups is 1. The average molecular weight is 445 g/mol. The maximum absolute atomic E-state index is 11.1. The van der Waals surface area contributed by atoms with E-state index in [0.717, 1.165) is 16.8 Å². The molecule has 0 bridgehead atoms. The molecule has 148 valence electrons. The Labute approximate surface area is 184 Å². The molecule has 29 heavy (non-hydrogen) atoms. The quantitative estimate of drug-likeness (QED) is 0.450. The summed E-state index contributed by atoms with van der Waals surface area (Å²) in [6.07, 6.45) is 0. The third-order valence-corrected chi connectivity index (χ3v) is 5.21. The van der Waals surface area contributed by atoms with Crippen LogP contribution in [0.1, 0.15) is 21.5 Å². The van der Waals surface area contributed by atoms with Crippen LogP contribution in [-0.2, 0) is 13.1 Å². The smallest absolute Gasteiger partial charge is 0.335 e. The largest absolute Gasteiger partial charge is 0.478 e. The van der Waals surface area contributed by atoms with Crippen LogP contribution >= 0.6 is 35.4 Å². The summed E-state index contributed by atoms with van der Waals surface area (Å²) in [5.41, 5.74) is 2.95. The second-order valence-corrected chi connectivity index (χ2v) is 7.62. The first-order chi connectivity index (χ1) is 13.9. The van der Waals surface area contributed by atoms with E-state index in [1.807, 2.05) is 47.4 Å². The number of hydrogen-bond donors (Lipinski definition) is 2. The molecule has 0 unspecified atom stereocenters. The van der Waals surface area contributed by atoms with E-state index >= 15 is 0 Å². The fourth-order valence-electron chi connectivity index (χ4n) is 2.74. The molecule has 0 amide bonds. The fourth-order valence-corrected chi connectivity index (χ4v) is 3.29. The standard InChI is InChI=1S/C22H18Cl2N2O2S/c23-18-11-7-16(8-12-18)14-26(13-15-5-9-17(10-6-15)21(27)28)22(29)25-20-4-2-1-3-19(20)24/h1-12H,13-14H2,(H,25,29)(H,27,28). The van der Waals surface area contributed by atoms with Gasteiger partial charge in [-0.15, -0.1) is 0 Å². The van der Waals surface area contributed by atoms with Gasteiger partial charge in [0.15, 0.2) is 5.11 Å². The van der Waals surface area contributed by atoms with Gasteiger partial charge in [0.2, 0.25) is 0 Å². The SMILES string of the molecule is O=C(O)c1ccc(CN(Cc2ccc(Cl)cc2)C(=S)Nc2ccccc2Cl)cc1. The zero-order valence-electron chi connectivity index (χ0n) is 15.3. The minimum absolute atomic E-state index is 0.245. The monoisotopic (exact) mass is 444 g/mol. The lowest BCUT2D eigenvalue weighted by atomic mass is 10.1. The summed E-state index contributed by atoms with van der Waals surface area (Å²) in [5.74, 6) is -0.953. The zero-order chi connectivity index (χ0) is 20.8. The van der Waals surface area contributed by atoms with E-state index in [-0.39, 0.29) is 5.56 Å². The van der Waals surface area contributed by atoms with Gasteiger partial charge in [0, 0.05) is 18.1 Å². The first-order valence-electron chi connectivity index (χ1n) is 8.79. The maximum atomic E-state index is 11.1. The fraction of sp³-hybridized carbons (Fsp3) is 0.0909. The average Bonchev–Trinajstić information content (AvgIpc) is 2.71. The highest BCUT2D eigenvalue weighted by molar-refractivity contribution is 7.80. The number of aromatic carboxylic acids is 1. The summed E-state index contributed by atoms with van der Waals surface area (Å²) >= 11 is 17.9. The summed E-state index contributed by atoms with van der Waals surface area (Å²) in [6.45, 7) is 1.05. The molecule has 0 aliphatic carbocycles. The number of thiocarbonyl (C=S) groups is 1. The van der Waals surface area contributed by atoms with Crippen molar-refractivity contribution in [3.63, 3.8) is 0 Å². The van der Waals surface area contributed by atoms with E-state index in [2.05, 4.69) is 5.32 Å². The predicted octanol–water partition coefficient (Wildman–Crippen LogP) is 6.09. The molecule has 0 aliphatic heterocycles. The molecule has 0 saturated carbocycles. The van der Waals surface area contributed by atoms with Gasteiger partial charge in [0.05, 0.1) is 16.3 Å². The van der Waals surface area contributed by atoms with E-state index in [4.69, 9.17) is 40.5 Å². The normalized spacial score (nSPS) is 10.4. The summed E-state index contributed by atoms with van der Waals surface area (Å²) < 4.78 is 0. The van der Waals surface area contributed by atoms with Crippen LogP contribution in [0.2, 0.25) is 10.0 Å². The molecule has 0 radical (unpaired) electrons. The number of para-hydroxylation sites is 1. The highest BCUT2D eigenvalue weighted by Crippen LogP contribution is 2.22. The maximum Gasteiger partial charge on any atom is 0.335 e. The number of anilines is 1. The van der Waals surface area contributed by atoms with E-state index in [1.165, 1.54) is 0 Å². The summed E-state index contributed by atoms with van der Waals surface area (Å²) in [4.78, 5) is 13.1. The van der Waals surface area contributed by atoms with E-state index in [0.29, 0.717) is 28.2 Å². The third kappa shape index (κ3) is 5.94. The lowest BCUT2D eigenvalue weighted by molar-refractivity contribution is 0.0697. The van der Waals surface area contributed by atoms with Crippen LogP contribution in [0.25, 0.3) is 0 Å². The Kier molecular flexibility index (Phi) is 7.09. The molecule has 0 saturated heterocycles. The highest BCUT2D eigenvalue weighted by atomic mass is 35.5. The number of rotatable bonds is 6. The Morgan fingerprint density at radius 3 is 2.00 bits per heavy atom. The minimum Gasteiger partial charge on any atom is -0.478 e. The molecule has 0 atom stereocenters. The first-order valence-corrected chi connectivity index (χ1v) is 9.96. The lowest BCUT2D eigenvalue weighted by Gasteiger charge is -2.26. The highest BCUT2D eigenvalue weighted by Gasteiger charge is 2.13. The van der Waals surface area contributed by atoms with Crippen LogP contribution in [0.5, 0.6) is 0 Å². The van der Waals surface area contributed by atoms with Gasteiger partial charge >= 0.3 is 5.97 Å². The molecule has 2 N–H and O–H groups in total. The second-order valence-electron chi connectivity index (χ2n) is 6.39. The minimum atomic E-state index is -0.953. The van der Waals surface area contributed by atoms with Gasteiger partial charge in [-0.2, -0.15) is 0 Å². The number of benzene rings is 3. The summed E-state index contributed by atoms with van der Waals surface area (Å²) in [6, 6.07) is 21.7. The number of hydrogen-bond acceptors (Lipinski definition) is 2. The molecule has 0 spiro atoms. The van der Waals surface area contributed by atoms with Crippen LogP contribution < -0.4 is 5.32 Å². The van der Waals surface area contributed by atoms with E-state index in [1.54, 1.807) is 30.3 Å². The first kappa shape index (κ1) is 21.1. The van der Waals surface area contributed by atoms with Gasteiger partial charge in [-0.3, -0.25) is 0 Å². The molecule has 0 aromatic heterocycles. The Morgan fingerprint density at radius 1 is 0.897 bits per heavy atom. The molecule has 3 rings (SSSR count). The van der Waals surface area contributed by atoms with E-state index < -0.39 is 5.97 Å².